The van der Waals surface area contributed by atoms with Crippen molar-refractivity contribution >= 4 is 15.5 Å². The van der Waals surface area contributed by atoms with Gasteiger partial charge >= 0.3 is 0 Å². The van der Waals surface area contributed by atoms with E-state index < -0.39 is 14.8 Å². The first-order chi connectivity index (χ1) is 15.2. The first-order valence-corrected chi connectivity index (χ1v) is 11.5. The van der Waals surface area contributed by atoms with Crippen LogP contribution in [0.3, 0.4) is 0 Å². The Hall–Kier alpha value is -3.85. The summed E-state index contributed by atoms with van der Waals surface area (Å²) in [6.45, 7) is 0.336. The monoisotopic (exact) mass is 451 g/mol. The van der Waals surface area contributed by atoms with Gasteiger partial charge in [0.15, 0.2) is 9.84 Å². The van der Waals surface area contributed by atoms with Crippen LogP contribution in [-0.4, -0.2) is 29.4 Å². The molecule has 0 radical (unpaired) electrons. The molecular weight excluding hydrogens is 433 g/mol. The van der Waals surface area contributed by atoms with E-state index in [9.17, 15) is 22.9 Å². The summed E-state index contributed by atoms with van der Waals surface area (Å²) in [5.74, 6) is -0.355. The van der Waals surface area contributed by atoms with Gasteiger partial charge in [0.2, 0.25) is 0 Å². The van der Waals surface area contributed by atoms with Crippen LogP contribution in [-0.2, 0) is 16.4 Å². The first-order valence-electron chi connectivity index (χ1n) is 9.58. The van der Waals surface area contributed by atoms with Crippen LogP contribution in [0, 0.1) is 15.9 Å². The lowest BCUT2D eigenvalue weighted by molar-refractivity contribution is -0.384. The maximum atomic E-state index is 13.4. The first kappa shape index (κ1) is 21.4. The van der Waals surface area contributed by atoms with Crippen molar-refractivity contribution < 1.29 is 17.7 Å². The molecule has 7 nitrogen and oxygen atoms in total. The van der Waals surface area contributed by atoms with E-state index in [1.165, 1.54) is 36.4 Å². The number of halogens is 1. The topological polar surface area (TPSA) is 95.1 Å². The molecule has 4 aromatic rings. The van der Waals surface area contributed by atoms with Crippen molar-refractivity contribution in [1.29, 1.82) is 0 Å². The second-order valence-electron chi connectivity index (χ2n) is 7.29. The summed E-state index contributed by atoms with van der Waals surface area (Å²) in [6.07, 6.45) is 2.81. The third kappa shape index (κ3) is 4.42. The normalized spacial score (nSPS) is 11.4. The zero-order chi connectivity index (χ0) is 22.9. The summed E-state index contributed by atoms with van der Waals surface area (Å²) in [6, 6.07) is 18.7. The Bertz CT molecular complexity index is 1380. The van der Waals surface area contributed by atoms with Crippen molar-refractivity contribution in [3.05, 3.63) is 100 Å². The number of rotatable bonds is 6. The number of nitrogens with zero attached hydrogens (tertiary/aromatic N) is 3. The molecule has 1 aromatic heterocycles. The van der Waals surface area contributed by atoms with Crippen LogP contribution in [0.5, 0.6) is 0 Å². The van der Waals surface area contributed by atoms with Crippen LogP contribution < -0.4 is 0 Å². The maximum absolute atomic E-state index is 13.4. The standard InChI is InChI=1S/C23H18FN3O4S/c1-32(30,31)21-12-6-18(7-13-21)23-22(17-4-8-19(24)9-5-17)14-25-26(23)15-16-2-10-20(11-3-16)27(28)29/h2-14H,15H2,1H3. The van der Waals surface area contributed by atoms with E-state index >= 15 is 0 Å². The maximum Gasteiger partial charge on any atom is 0.269 e. The van der Waals surface area contributed by atoms with Gasteiger partial charge in [0.25, 0.3) is 5.69 Å². The van der Waals surface area contributed by atoms with E-state index in [-0.39, 0.29) is 16.4 Å². The van der Waals surface area contributed by atoms with Gasteiger partial charge in [0.1, 0.15) is 5.82 Å². The fourth-order valence-corrected chi connectivity index (χ4v) is 4.04. The number of nitro groups is 1. The molecule has 0 spiro atoms. The van der Waals surface area contributed by atoms with Gasteiger partial charge in [-0.25, -0.2) is 12.8 Å². The van der Waals surface area contributed by atoms with Crippen molar-refractivity contribution in [2.75, 3.05) is 6.26 Å². The molecule has 0 aliphatic heterocycles. The molecule has 32 heavy (non-hydrogen) atoms. The van der Waals surface area contributed by atoms with E-state index in [1.807, 2.05) is 0 Å². The second-order valence-corrected chi connectivity index (χ2v) is 9.31. The van der Waals surface area contributed by atoms with Gasteiger partial charge in [-0.3, -0.25) is 14.8 Å². The molecule has 0 aliphatic rings. The van der Waals surface area contributed by atoms with E-state index in [4.69, 9.17) is 0 Å². The van der Waals surface area contributed by atoms with Gasteiger partial charge in [0, 0.05) is 29.5 Å². The lowest BCUT2D eigenvalue weighted by Crippen LogP contribution is -2.04. The molecule has 162 valence electrons. The van der Waals surface area contributed by atoms with E-state index in [0.717, 1.165) is 34.2 Å². The second kappa shape index (κ2) is 8.35. The molecule has 0 unspecified atom stereocenters. The highest BCUT2D eigenvalue weighted by Crippen LogP contribution is 2.33. The third-order valence-corrected chi connectivity index (χ3v) is 6.16. The predicted molar refractivity (Wildman–Crippen MR) is 118 cm³/mol. The molecule has 0 atom stereocenters. The van der Waals surface area contributed by atoms with Crippen LogP contribution in [0.25, 0.3) is 22.4 Å². The molecule has 0 aliphatic carbocycles. The van der Waals surface area contributed by atoms with Gasteiger partial charge in [-0.2, -0.15) is 5.10 Å². The summed E-state index contributed by atoms with van der Waals surface area (Å²) in [5.41, 5.74) is 3.75. The third-order valence-electron chi connectivity index (χ3n) is 5.03. The van der Waals surface area contributed by atoms with Gasteiger partial charge in [-0.05, 0) is 35.4 Å². The molecule has 0 amide bonds. The minimum absolute atomic E-state index is 0.00203. The lowest BCUT2D eigenvalue weighted by atomic mass is 10.0. The largest absolute Gasteiger partial charge is 0.269 e. The van der Waals surface area contributed by atoms with Gasteiger partial charge in [0.05, 0.1) is 28.3 Å². The summed E-state index contributed by atoms with van der Waals surface area (Å²) >= 11 is 0. The molecule has 0 saturated heterocycles. The molecule has 4 rings (SSSR count). The van der Waals surface area contributed by atoms with Gasteiger partial charge in [-0.1, -0.05) is 36.4 Å². The van der Waals surface area contributed by atoms with Crippen molar-refractivity contribution in [1.82, 2.24) is 9.78 Å². The molecular formula is C23H18FN3O4S. The van der Waals surface area contributed by atoms with Crippen LogP contribution in [0.2, 0.25) is 0 Å². The minimum Gasteiger partial charge on any atom is -0.260 e. The molecule has 0 fully saturated rings. The number of benzene rings is 3. The van der Waals surface area contributed by atoms with Gasteiger partial charge < -0.3 is 0 Å². The molecule has 3 aromatic carbocycles. The van der Waals surface area contributed by atoms with Crippen LogP contribution in [0.4, 0.5) is 10.1 Å². The number of aromatic nitrogens is 2. The average Bonchev–Trinajstić information content (AvgIpc) is 3.17. The summed E-state index contributed by atoms with van der Waals surface area (Å²) in [7, 11) is -3.34. The van der Waals surface area contributed by atoms with Crippen LogP contribution in [0.1, 0.15) is 5.56 Å². The predicted octanol–water partition coefficient (Wildman–Crippen LogP) is 4.72. The van der Waals surface area contributed by atoms with E-state index in [2.05, 4.69) is 5.10 Å². The highest BCUT2D eigenvalue weighted by atomic mass is 32.2. The highest BCUT2D eigenvalue weighted by molar-refractivity contribution is 7.90. The molecule has 0 N–H and O–H groups in total. The van der Waals surface area contributed by atoms with Crippen LogP contribution >= 0.6 is 0 Å². The average molecular weight is 451 g/mol. The number of sulfone groups is 1. The Balaban J connectivity index is 1.80. The fraction of sp³-hybridized carbons (Fsp3) is 0.0870. The van der Waals surface area contributed by atoms with Crippen LogP contribution in [0.15, 0.2) is 83.9 Å². The van der Waals surface area contributed by atoms with E-state index in [1.54, 1.807) is 47.3 Å². The summed E-state index contributed by atoms with van der Waals surface area (Å²) in [4.78, 5) is 10.7. The number of hydrogen-bond donors (Lipinski definition) is 0. The Morgan fingerprint density at radius 2 is 1.53 bits per heavy atom. The zero-order valence-electron chi connectivity index (χ0n) is 17.0. The zero-order valence-corrected chi connectivity index (χ0v) is 17.8. The highest BCUT2D eigenvalue weighted by Gasteiger charge is 2.17. The Labute approximate surface area is 183 Å². The molecule has 1 heterocycles. The fourth-order valence-electron chi connectivity index (χ4n) is 3.41. The minimum atomic E-state index is -3.34. The Morgan fingerprint density at radius 1 is 0.938 bits per heavy atom. The summed E-state index contributed by atoms with van der Waals surface area (Å²) in [5, 5.41) is 15.4. The van der Waals surface area contributed by atoms with E-state index in [0.29, 0.717) is 6.54 Å². The number of non-ortho nitro benzene ring substituents is 1. The van der Waals surface area contributed by atoms with Crippen molar-refractivity contribution in [2.45, 2.75) is 11.4 Å². The molecule has 9 heteroatoms. The van der Waals surface area contributed by atoms with Crippen molar-refractivity contribution in [2.24, 2.45) is 0 Å². The van der Waals surface area contributed by atoms with Crippen molar-refractivity contribution in [3.63, 3.8) is 0 Å². The Morgan fingerprint density at radius 3 is 2.09 bits per heavy atom. The Kier molecular flexibility index (Phi) is 5.58. The number of nitro benzene ring substituents is 1. The summed E-state index contributed by atoms with van der Waals surface area (Å²) < 4.78 is 38.8. The number of hydrogen-bond acceptors (Lipinski definition) is 5. The lowest BCUT2D eigenvalue weighted by Gasteiger charge is -2.11. The smallest absolute Gasteiger partial charge is 0.260 e. The SMILES string of the molecule is CS(=O)(=O)c1ccc(-c2c(-c3ccc(F)cc3)cnn2Cc2ccc([N+](=O)[O-])cc2)cc1. The quantitative estimate of drug-likeness (QED) is 0.312. The van der Waals surface area contributed by atoms with Gasteiger partial charge in [-0.15, -0.1) is 0 Å². The van der Waals surface area contributed by atoms with Crippen molar-refractivity contribution in [3.8, 4) is 22.4 Å². The molecule has 0 bridgehead atoms. The molecule has 0 saturated carbocycles.